The highest BCUT2D eigenvalue weighted by atomic mass is 79.9. The number of likely N-dealkylation sites (tertiary alicyclic amines) is 1. The van der Waals surface area contributed by atoms with Crippen LogP contribution in [0.2, 0.25) is 0 Å². The van der Waals surface area contributed by atoms with Crippen molar-refractivity contribution >= 4 is 21.8 Å². The van der Waals surface area contributed by atoms with Gasteiger partial charge in [-0.2, -0.15) is 0 Å². The van der Waals surface area contributed by atoms with E-state index < -0.39 is 0 Å². The van der Waals surface area contributed by atoms with Crippen molar-refractivity contribution in [3.63, 3.8) is 0 Å². The molecule has 140 valence electrons. The monoisotopic (exact) mass is 423 g/mol. The van der Waals surface area contributed by atoms with Gasteiger partial charge in [-0.05, 0) is 60.6 Å². The predicted octanol–water partition coefficient (Wildman–Crippen LogP) is 5.98. The fourth-order valence-electron chi connectivity index (χ4n) is 4.66. The molecule has 27 heavy (non-hydrogen) atoms. The maximum atomic E-state index is 13.4. The van der Waals surface area contributed by atoms with Crippen molar-refractivity contribution in [2.24, 2.45) is 17.8 Å². The number of carbonyl (C=O) groups excluding carboxylic acids is 1. The SMILES string of the molecule is Cc1ccc([C@H]2[C@H]3C=CC[C@@H](C)[C@@H]3C(=O)N2Cc2ccc(Br)cc2)cc1C. The van der Waals surface area contributed by atoms with E-state index in [1.807, 2.05) is 0 Å². The van der Waals surface area contributed by atoms with Crippen LogP contribution in [0, 0.1) is 31.6 Å². The molecule has 2 nitrogen and oxygen atoms in total. The summed E-state index contributed by atoms with van der Waals surface area (Å²) in [5.41, 5.74) is 5.02. The third-order valence-electron chi connectivity index (χ3n) is 6.30. The summed E-state index contributed by atoms with van der Waals surface area (Å²) in [6, 6.07) is 15.1. The summed E-state index contributed by atoms with van der Waals surface area (Å²) < 4.78 is 1.06. The van der Waals surface area contributed by atoms with Gasteiger partial charge in [0, 0.05) is 22.9 Å². The zero-order chi connectivity index (χ0) is 19.1. The van der Waals surface area contributed by atoms with Gasteiger partial charge < -0.3 is 4.90 Å². The van der Waals surface area contributed by atoms with Gasteiger partial charge in [0.1, 0.15) is 0 Å². The molecule has 0 spiro atoms. The van der Waals surface area contributed by atoms with Crippen molar-refractivity contribution in [2.75, 3.05) is 0 Å². The lowest BCUT2D eigenvalue weighted by molar-refractivity contribution is -0.134. The van der Waals surface area contributed by atoms with Crippen LogP contribution in [0.5, 0.6) is 0 Å². The van der Waals surface area contributed by atoms with Crippen molar-refractivity contribution < 1.29 is 4.79 Å². The maximum absolute atomic E-state index is 13.4. The molecule has 4 atom stereocenters. The van der Waals surface area contributed by atoms with Crippen molar-refractivity contribution in [1.29, 1.82) is 0 Å². The van der Waals surface area contributed by atoms with Crippen molar-refractivity contribution in [3.05, 3.63) is 81.3 Å². The Labute approximate surface area is 170 Å². The Kier molecular flexibility index (Phi) is 4.98. The number of benzene rings is 2. The van der Waals surface area contributed by atoms with E-state index in [0.29, 0.717) is 18.4 Å². The van der Waals surface area contributed by atoms with Gasteiger partial charge >= 0.3 is 0 Å². The van der Waals surface area contributed by atoms with Crippen LogP contribution in [-0.2, 0) is 11.3 Å². The molecule has 2 aliphatic rings. The molecule has 1 aliphatic heterocycles. The molecule has 4 rings (SSSR count). The second kappa shape index (κ2) is 7.27. The van der Waals surface area contributed by atoms with Crippen LogP contribution in [0.25, 0.3) is 0 Å². The molecular formula is C24H26BrNO. The number of rotatable bonds is 3. The van der Waals surface area contributed by atoms with E-state index in [-0.39, 0.29) is 17.9 Å². The fraction of sp³-hybridized carbons (Fsp3) is 0.375. The van der Waals surface area contributed by atoms with Gasteiger partial charge in [0.15, 0.2) is 0 Å². The maximum Gasteiger partial charge on any atom is 0.227 e. The third kappa shape index (κ3) is 3.38. The molecular weight excluding hydrogens is 398 g/mol. The van der Waals surface area contributed by atoms with E-state index in [4.69, 9.17) is 0 Å². The predicted molar refractivity (Wildman–Crippen MR) is 113 cm³/mol. The molecule has 0 unspecified atom stereocenters. The number of allylic oxidation sites excluding steroid dienone is 1. The Hall–Kier alpha value is -1.87. The second-order valence-corrected chi connectivity index (χ2v) is 9.04. The topological polar surface area (TPSA) is 20.3 Å². The largest absolute Gasteiger partial charge is 0.330 e. The Morgan fingerprint density at radius 2 is 1.81 bits per heavy atom. The highest BCUT2D eigenvalue weighted by Gasteiger charge is 2.50. The summed E-state index contributed by atoms with van der Waals surface area (Å²) in [7, 11) is 0. The second-order valence-electron chi connectivity index (χ2n) is 8.13. The lowest BCUT2D eigenvalue weighted by Crippen LogP contribution is -2.30. The van der Waals surface area contributed by atoms with E-state index in [0.717, 1.165) is 10.9 Å². The van der Waals surface area contributed by atoms with Crippen LogP contribution in [0.15, 0.2) is 59.1 Å². The lowest BCUT2D eigenvalue weighted by Gasteiger charge is -2.30. The Balaban J connectivity index is 1.75. The molecule has 1 amide bonds. The smallest absolute Gasteiger partial charge is 0.227 e. The minimum absolute atomic E-state index is 0.0945. The minimum atomic E-state index is 0.0945. The number of amides is 1. The molecule has 1 fully saturated rings. The molecule has 1 heterocycles. The zero-order valence-electron chi connectivity index (χ0n) is 16.2. The normalized spacial score (nSPS) is 27.1. The van der Waals surface area contributed by atoms with Crippen LogP contribution in [0.3, 0.4) is 0 Å². The first-order chi connectivity index (χ1) is 13.0. The quantitative estimate of drug-likeness (QED) is 0.556. The van der Waals surface area contributed by atoms with E-state index >= 15 is 0 Å². The van der Waals surface area contributed by atoms with Gasteiger partial charge in [0.2, 0.25) is 5.91 Å². The van der Waals surface area contributed by atoms with Crippen LogP contribution >= 0.6 is 15.9 Å². The summed E-state index contributed by atoms with van der Waals surface area (Å²) in [6.07, 6.45) is 5.57. The number of fused-ring (bicyclic) bond motifs is 1. The van der Waals surface area contributed by atoms with Gasteiger partial charge in [-0.1, -0.05) is 65.3 Å². The Morgan fingerprint density at radius 3 is 2.52 bits per heavy atom. The summed E-state index contributed by atoms with van der Waals surface area (Å²) in [5.74, 6) is 1.07. The number of aryl methyl sites for hydroxylation is 2. The zero-order valence-corrected chi connectivity index (χ0v) is 17.7. The Bertz CT molecular complexity index is 886. The molecule has 2 aromatic rings. The summed E-state index contributed by atoms with van der Waals surface area (Å²) in [6.45, 7) is 7.19. The number of hydrogen-bond donors (Lipinski definition) is 0. The van der Waals surface area contributed by atoms with Crippen LogP contribution in [0.1, 0.15) is 41.6 Å². The molecule has 0 N–H and O–H groups in total. The first-order valence-electron chi connectivity index (χ1n) is 9.74. The molecule has 0 aromatic heterocycles. The average Bonchev–Trinajstić information content (AvgIpc) is 2.93. The van der Waals surface area contributed by atoms with E-state index in [1.54, 1.807) is 0 Å². The average molecular weight is 424 g/mol. The minimum Gasteiger partial charge on any atom is -0.330 e. The lowest BCUT2D eigenvalue weighted by atomic mass is 9.75. The van der Waals surface area contributed by atoms with Crippen LogP contribution < -0.4 is 0 Å². The van der Waals surface area contributed by atoms with E-state index in [1.165, 1.54) is 22.3 Å². The summed E-state index contributed by atoms with van der Waals surface area (Å²) in [4.78, 5) is 15.6. The van der Waals surface area contributed by atoms with Crippen LogP contribution in [-0.4, -0.2) is 10.8 Å². The van der Waals surface area contributed by atoms with Gasteiger partial charge in [-0.3, -0.25) is 4.79 Å². The van der Waals surface area contributed by atoms with Crippen molar-refractivity contribution in [1.82, 2.24) is 4.90 Å². The fourth-order valence-corrected chi connectivity index (χ4v) is 4.92. The first kappa shape index (κ1) is 18.5. The molecule has 3 heteroatoms. The van der Waals surface area contributed by atoms with E-state index in [9.17, 15) is 4.79 Å². The molecule has 0 bridgehead atoms. The molecule has 0 saturated carbocycles. The van der Waals surface area contributed by atoms with Gasteiger partial charge in [-0.15, -0.1) is 0 Å². The number of hydrogen-bond acceptors (Lipinski definition) is 1. The number of nitrogens with zero attached hydrogens (tertiary/aromatic N) is 1. The summed E-state index contributed by atoms with van der Waals surface area (Å²) in [5, 5.41) is 0. The van der Waals surface area contributed by atoms with Gasteiger partial charge in [-0.25, -0.2) is 0 Å². The van der Waals surface area contributed by atoms with Gasteiger partial charge in [0.25, 0.3) is 0 Å². The van der Waals surface area contributed by atoms with E-state index in [2.05, 4.69) is 96.2 Å². The molecule has 1 aliphatic carbocycles. The highest BCUT2D eigenvalue weighted by molar-refractivity contribution is 9.10. The van der Waals surface area contributed by atoms with Gasteiger partial charge in [0.05, 0.1) is 6.04 Å². The standard InChI is InChI=1S/C24H26BrNO/c1-15-7-10-19(13-17(15)3)23-21-6-4-5-16(2)22(21)24(27)26(23)14-18-8-11-20(25)12-9-18/h4,6-13,16,21-23H,5,14H2,1-3H3/t16-,21+,22+,23+/m1/s1. The summed E-state index contributed by atoms with van der Waals surface area (Å²) >= 11 is 3.50. The van der Waals surface area contributed by atoms with Crippen LogP contribution in [0.4, 0.5) is 0 Å². The molecule has 2 aromatic carbocycles. The first-order valence-corrected chi connectivity index (χ1v) is 10.5. The molecule has 1 saturated heterocycles. The van der Waals surface area contributed by atoms with Crippen molar-refractivity contribution in [2.45, 2.75) is 39.8 Å². The van der Waals surface area contributed by atoms with Crippen molar-refractivity contribution in [3.8, 4) is 0 Å². The Morgan fingerprint density at radius 1 is 1.07 bits per heavy atom. The molecule has 0 radical (unpaired) electrons. The number of carbonyl (C=O) groups is 1. The number of halogens is 1. The third-order valence-corrected chi connectivity index (χ3v) is 6.83. The highest BCUT2D eigenvalue weighted by Crippen LogP contribution is 2.49.